The van der Waals surface area contributed by atoms with Crippen molar-refractivity contribution in [2.75, 3.05) is 5.75 Å². The van der Waals surface area contributed by atoms with Crippen LogP contribution in [0.3, 0.4) is 0 Å². The number of unbranched alkanes of at least 4 members (excludes halogenated alkanes) is 3. The molecule has 1 aliphatic heterocycles. The smallest absolute Gasteiger partial charge is 0.397 e. The normalized spacial score (nSPS) is 17.0. The largest absolute Gasteiger partial charge is 0.407 e. The van der Waals surface area contributed by atoms with Crippen LogP contribution in [0, 0.1) is 0 Å². The number of hydrogen-bond donors (Lipinski definition) is 2. The van der Waals surface area contributed by atoms with E-state index in [-0.39, 0.29) is 5.70 Å². The average molecular weight is 385 g/mol. The summed E-state index contributed by atoms with van der Waals surface area (Å²) >= 11 is 1.79. The molecule has 0 aromatic carbocycles. The van der Waals surface area contributed by atoms with Gasteiger partial charge in [0.05, 0.1) is 11.4 Å². The first-order valence-corrected chi connectivity index (χ1v) is 9.92. The van der Waals surface area contributed by atoms with Gasteiger partial charge in [-0.15, -0.1) is 11.8 Å². The Morgan fingerprint density at radius 1 is 1.35 bits per heavy atom. The standard InChI is InChI=1S/C19H26F3N3S/c1-2-3-4-5-6-13-8-10-26-18(13)14-7-9-25-16(11-14)15(23)12-17(24)19(20,21)22/h7,9,11-12,17H,2-6,8,10,23-24H2,1H3/b15-12-. The lowest BCUT2D eigenvalue weighted by atomic mass is 10.0. The molecule has 4 N–H and O–H groups in total. The lowest BCUT2D eigenvalue weighted by molar-refractivity contribution is -0.136. The Morgan fingerprint density at radius 3 is 2.81 bits per heavy atom. The van der Waals surface area contributed by atoms with E-state index in [1.54, 1.807) is 24.0 Å². The topological polar surface area (TPSA) is 64.9 Å². The van der Waals surface area contributed by atoms with E-state index in [1.165, 1.54) is 36.2 Å². The van der Waals surface area contributed by atoms with Gasteiger partial charge in [-0.05, 0) is 43.0 Å². The predicted molar refractivity (Wildman–Crippen MR) is 103 cm³/mol. The van der Waals surface area contributed by atoms with Crippen LogP contribution >= 0.6 is 11.8 Å². The molecular formula is C19H26F3N3S. The fourth-order valence-corrected chi connectivity index (χ4v) is 4.14. The highest BCUT2D eigenvalue weighted by Crippen LogP contribution is 2.41. The third-order valence-electron chi connectivity index (χ3n) is 4.36. The van der Waals surface area contributed by atoms with Crippen molar-refractivity contribution >= 4 is 22.4 Å². The predicted octanol–water partition coefficient (Wildman–Crippen LogP) is 5.09. The van der Waals surface area contributed by atoms with Crippen molar-refractivity contribution in [2.45, 2.75) is 57.7 Å². The summed E-state index contributed by atoms with van der Waals surface area (Å²) in [5.74, 6) is 1.04. The highest BCUT2D eigenvalue weighted by molar-refractivity contribution is 8.08. The second kappa shape index (κ2) is 9.46. The van der Waals surface area contributed by atoms with Crippen LogP contribution in [0.25, 0.3) is 10.6 Å². The molecular weight excluding hydrogens is 359 g/mol. The van der Waals surface area contributed by atoms with Crippen molar-refractivity contribution in [3.05, 3.63) is 41.2 Å². The van der Waals surface area contributed by atoms with Gasteiger partial charge < -0.3 is 11.5 Å². The second-order valence-electron chi connectivity index (χ2n) is 6.46. The molecule has 0 amide bonds. The molecule has 2 heterocycles. The fraction of sp³-hybridized carbons (Fsp3) is 0.526. The zero-order valence-electron chi connectivity index (χ0n) is 15.0. The van der Waals surface area contributed by atoms with Gasteiger partial charge in [0.25, 0.3) is 0 Å². The highest BCUT2D eigenvalue weighted by atomic mass is 32.2. The molecule has 0 saturated carbocycles. The minimum atomic E-state index is -4.52. The first-order chi connectivity index (χ1) is 12.3. The molecule has 0 bridgehead atoms. The number of halogens is 3. The SMILES string of the molecule is CCCCCCC1=C(c2ccnc(/C(N)=C/C(N)C(F)(F)F)c2)SCC1. The summed E-state index contributed by atoms with van der Waals surface area (Å²) in [5, 5.41) is 0. The van der Waals surface area contributed by atoms with Crippen molar-refractivity contribution in [2.24, 2.45) is 11.5 Å². The Hall–Kier alpha value is -1.47. The van der Waals surface area contributed by atoms with Gasteiger partial charge in [0.15, 0.2) is 0 Å². The van der Waals surface area contributed by atoms with Crippen LogP contribution in [0.1, 0.15) is 56.7 Å². The van der Waals surface area contributed by atoms with Gasteiger partial charge in [-0.1, -0.05) is 31.8 Å². The molecule has 0 saturated heterocycles. The maximum absolute atomic E-state index is 12.6. The van der Waals surface area contributed by atoms with Gasteiger partial charge in [-0.2, -0.15) is 13.2 Å². The Bertz CT molecular complexity index is 668. The molecule has 2 rings (SSSR count). The summed E-state index contributed by atoms with van der Waals surface area (Å²) in [7, 11) is 0. The van der Waals surface area contributed by atoms with Crippen LogP contribution in [-0.2, 0) is 0 Å². The van der Waals surface area contributed by atoms with Gasteiger partial charge in [0.1, 0.15) is 6.04 Å². The number of pyridine rings is 1. The van der Waals surface area contributed by atoms with Crippen LogP contribution in [0.4, 0.5) is 13.2 Å². The van der Waals surface area contributed by atoms with Gasteiger partial charge in [-0.3, -0.25) is 4.98 Å². The number of aromatic nitrogens is 1. The van der Waals surface area contributed by atoms with E-state index >= 15 is 0 Å². The van der Waals surface area contributed by atoms with E-state index in [2.05, 4.69) is 11.9 Å². The number of hydrogen-bond acceptors (Lipinski definition) is 4. The van der Waals surface area contributed by atoms with Gasteiger partial charge in [-0.25, -0.2) is 0 Å². The van der Waals surface area contributed by atoms with Crippen molar-refractivity contribution in [3.63, 3.8) is 0 Å². The van der Waals surface area contributed by atoms with Crippen molar-refractivity contribution in [1.29, 1.82) is 0 Å². The quantitative estimate of drug-likeness (QED) is 0.612. The molecule has 0 aliphatic carbocycles. The number of thioether (sulfide) groups is 1. The number of nitrogens with two attached hydrogens (primary N) is 2. The molecule has 0 radical (unpaired) electrons. The number of nitrogens with zero attached hydrogens (tertiary/aromatic N) is 1. The zero-order chi connectivity index (χ0) is 19.2. The summed E-state index contributed by atoms with van der Waals surface area (Å²) in [6, 6.07) is 1.55. The fourth-order valence-electron chi connectivity index (χ4n) is 2.89. The molecule has 1 aromatic heterocycles. The number of rotatable bonds is 8. The minimum Gasteiger partial charge on any atom is -0.397 e. The monoisotopic (exact) mass is 385 g/mol. The van der Waals surface area contributed by atoms with E-state index in [4.69, 9.17) is 11.5 Å². The van der Waals surface area contributed by atoms with Crippen molar-refractivity contribution in [1.82, 2.24) is 4.98 Å². The average Bonchev–Trinajstić information content (AvgIpc) is 3.06. The first-order valence-electron chi connectivity index (χ1n) is 8.94. The van der Waals surface area contributed by atoms with Gasteiger partial charge in [0, 0.05) is 16.9 Å². The molecule has 0 spiro atoms. The van der Waals surface area contributed by atoms with Crippen LogP contribution < -0.4 is 11.5 Å². The molecule has 144 valence electrons. The summed E-state index contributed by atoms with van der Waals surface area (Å²) in [5.41, 5.74) is 13.6. The third kappa shape index (κ3) is 5.77. The van der Waals surface area contributed by atoms with E-state index < -0.39 is 12.2 Å². The molecule has 1 aromatic rings. The summed E-state index contributed by atoms with van der Waals surface area (Å²) in [6.45, 7) is 2.19. The molecule has 0 fully saturated rings. The Balaban J connectivity index is 2.18. The van der Waals surface area contributed by atoms with Crippen LogP contribution in [0.15, 0.2) is 30.0 Å². The van der Waals surface area contributed by atoms with E-state index in [0.29, 0.717) is 5.69 Å². The molecule has 1 aliphatic rings. The number of allylic oxidation sites excluding steroid dienone is 1. The van der Waals surface area contributed by atoms with Crippen LogP contribution in [-0.4, -0.2) is 23.0 Å². The first kappa shape index (κ1) is 20.8. The maximum Gasteiger partial charge on any atom is 0.407 e. The Kier molecular flexibility index (Phi) is 7.58. The molecule has 1 atom stereocenters. The van der Waals surface area contributed by atoms with E-state index in [0.717, 1.165) is 30.2 Å². The molecule has 26 heavy (non-hydrogen) atoms. The molecule has 3 nitrogen and oxygen atoms in total. The lowest BCUT2D eigenvalue weighted by Gasteiger charge is -2.13. The summed E-state index contributed by atoms with van der Waals surface area (Å²) in [4.78, 5) is 5.33. The zero-order valence-corrected chi connectivity index (χ0v) is 15.8. The minimum absolute atomic E-state index is 0.0511. The van der Waals surface area contributed by atoms with Crippen molar-refractivity contribution < 1.29 is 13.2 Å². The van der Waals surface area contributed by atoms with Crippen LogP contribution in [0.5, 0.6) is 0 Å². The Labute approximate surface area is 157 Å². The van der Waals surface area contributed by atoms with Crippen LogP contribution in [0.2, 0.25) is 0 Å². The second-order valence-corrected chi connectivity index (χ2v) is 7.57. The molecule has 7 heteroatoms. The van der Waals surface area contributed by atoms with Crippen molar-refractivity contribution in [3.8, 4) is 0 Å². The lowest BCUT2D eigenvalue weighted by Crippen LogP contribution is -2.36. The molecule has 1 unspecified atom stereocenters. The summed E-state index contributed by atoms with van der Waals surface area (Å²) in [6.07, 6.45) is 4.88. The van der Waals surface area contributed by atoms with E-state index in [9.17, 15) is 13.2 Å². The van der Waals surface area contributed by atoms with Gasteiger partial charge in [0.2, 0.25) is 0 Å². The summed E-state index contributed by atoms with van der Waals surface area (Å²) < 4.78 is 37.9. The van der Waals surface area contributed by atoms with Gasteiger partial charge >= 0.3 is 6.18 Å². The Morgan fingerprint density at radius 2 is 2.12 bits per heavy atom. The number of alkyl halides is 3. The maximum atomic E-state index is 12.6. The van der Waals surface area contributed by atoms with E-state index in [1.807, 2.05) is 6.07 Å². The third-order valence-corrected chi connectivity index (χ3v) is 5.58. The highest BCUT2D eigenvalue weighted by Gasteiger charge is 2.35.